The van der Waals surface area contributed by atoms with Crippen LogP contribution in [0, 0.1) is 5.92 Å². The molecular weight excluding hydrogens is 312 g/mol. The number of carbonyl (C=O) groups excluding carboxylic acids is 2. The Bertz CT molecular complexity index is 749. The topological polar surface area (TPSA) is 95.5 Å². The molecule has 0 aromatic carbocycles. The van der Waals surface area contributed by atoms with E-state index < -0.39 is 17.3 Å². The average Bonchev–Trinajstić information content (AvgIpc) is 2.52. The fourth-order valence-corrected chi connectivity index (χ4v) is 2.90. The zero-order valence-electron chi connectivity index (χ0n) is 14.5. The Morgan fingerprint density at radius 2 is 1.96 bits per heavy atom. The minimum absolute atomic E-state index is 0.0716. The molecule has 1 saturated heterocycles. The third kappa shape index (κ3) is 3.58. The van der Waals surface area contributed by atoms with Crippen LogP contribution in [0.5, 0.6) is 0 Å². The van der Waals surface area contributed by atoms with Gasteiger partial charge in [-0.25, -0.2) is 4.79 Å². The second-order valence-electron chi connectivity index (χ2n) is 6.60. The van der Waals surface area contributed by atoms with Crippen LogP contribution in [0.2, 0.25) is 0 Å². The predicted octanol–water partition coefficient (Wildman–Crippen LogP) is -0.669. The van der Waals surface area contributed by atoms with E-state index in [9.17, 15) is 19.2 Å². The number of amides is 2. The van der Waals surface area contributed by atoms with E-state index in [2.05, 4.69) is 4.98 Å². The fraction of sp³-hybridized carbons (Fsp3) is 0.625. The number of rotatable bonds is 4. The van der Waals surface area contributed by atoms with Crippen LogP contribution >= 0.6 is 0 Å². The molecule has 132 valence electrons. The minimum atomic E-state index is -0.545. The lowest BCUT2D eigenvalue weighted by molar-refractivity contribution is -0.150. The Labute approximate surface area is 140 Å². The van der Waals surface area contributed by atoms with Crippen LogP contribution in [-0.2, 0) is 23.1 Å². The van der Waals surface area contributed by atoms with Crippen molar-refractivity contribution in [3.8, 4) is 0 Å². The molecule has 2 rings (SSSR count). The standard InChI is InChI=1S/C16H24N4O4/c1-10(2)9-19-5-6-20(11(3)14(19)22)13(21)7-12-8-17-16(24)18(4)15(12)23/h8,10-11H,5-7,9H2,1-4H3,(H,17,24)/t11-/m1/s1. The van der Waals surface area contributed by atoms with Crippen LogP contribution in [0.15, 0.2) is 15.8 Å². The number of carbonyl (C=O) groups is 2. The Morgan fingerprint density at radius 1 is 1.29 bits per heavy atom. The maximum atomic E-state index is 12.5. The molecule has 0 radical (unpaired) electrons. The van der Waals surface area contributed by atoms with E-state index in [0.29, 0.717) is 25.6 Å². The maximum absolute atomic E-state index is 12.5. The molecule has 0 spiro atoms. The van der Waals surface area contributed by atoms with Crippen LogP contribution < -0.4 is 11.2 Å². The summed E-state index contributed by atoms with van der Waals surface area (Å²) >= 11 is 0. The van der Waals surface area contributed by atoms with Crippen LogP contribution in [0.3, 0.4) is 0 Å². The largest absolute Gasteiger partial charge is 0.339 e. The minimum Gasteiger partial charge on any atom is -0.339 e. The summed E-state index contributed by atoms with van der Waals surface area (Å²) < 4.78 is 0.928. The molecule has 1 aromatic heterocycles. The second-order valence-corrected chi connectivity index (χ2v) is 6.60. The number of aromatic nitrogens is 2. The van der Waals surface area contributed by atoms with Crippen molar-refractivity contribution < 1.29 is 9.59 Å². The summed E-state index contributed by atoms with van der Waals surface area (Å²) in [7, 11) is 1.35. The van der Waals surface area contributed by atoms with Gasteiger partial charge < -0.3 is 14.8 Å². The van der Waals surface area contributed by atoms with Crippen LogP contribution in [-0.4, -0.2) is 56.8 Å². The Morgan fingerprint density at radius 3 is 2.58 bits per heavy atom. The van der Waals surface area contributed by atoms with E-state index in [4.69, 9.17) is 0 Å². The number of aromatic amines is 1. The number of nitrogens with zero attached hydrogens (tertiary/aromatic N) is 3. The van der Waals surface area contributed by atoms with Crippen molar-refractivity contribution in [2.24, 2.45) is 13.0 Å². The van der Waals surface area contributed by atoms with Gasteiger partial charge in [-0.15, -0.1) is 0 Å². The predicted molar refractivity (Wildman–Crippen MR) is 88.6 cm³/mol. The number of hydrogen-bond acceptors (Lipinski definition) is 4. The third-order valence-electron chi connectivity index (χ3n) is 4.25. The molecule has 0 aliphatic carbocycles. The van der Waals surface area contributed by atoms with Gasteiger partial charge in [-0.3, -0.25) is 19.0 Å². The molecule has 0 saturated carbocycles. The van der Waals surface area contributed by atoms with E-state index in [1.807, 2.05) is 13.8 Å². The smallest absolute Gasteiger partial charge is 0.328 e. The molecule has 24 heavy (non-hydrogen) atoms. The van der Waals surface area contributed by atoms with Crippen molar-refractivity contribution in [3.63, 3.8) is 0 Å². The van der Waals surface area contributed by atoms with Gasteiger partial charge in [-0.1, -0.05) is 13.8 Å². The Balaban J connectivity index is 2.11. The van der Waals surface area contributed by atoms with Crippen molar-refractivity contribution in [1.82, 2.24) is 19.4 Å². The third-order valence-corrected chi connectivity index (χ3v) is 4.25. The maximum Gasteiger partial charge on any atom is 0.328 e. The molecule has 1 fully saturated rings. The summed E-state index contributed by atoms with van der Waals surface area (Å²) in [6.45, 7) is 7.41. The highest BCUT2D eigenvalue weighted by Gasteiger charge is 2.34. The van der Waals surface area contributed by atoms with Crippen molar-refractivity contribution in [3.05, 3.63) is 32.6 Å². The molecule has 2 amide bonds. The normalized spacial score (nSPS) is 18.4. The van der Waals surface area contributed by atoms with Crippen molar-refractivity contribution in [2.75, 3.05) is 19.6 Å². The number of H-pyrrole nitrogens is 1. The number of nitrogens with one attached hydrogen (secondary N) is 1. The molecule has 1 aromatic rings. The van der Waals surface area contributed by atoms with Crippen molar-refractivity contribution >= 4 is 11.8 Å². The highest BCUT2D eigenvalue weighted by molar-refractivity contribution is 5.89. The quantitative estimate of drug-likeness (QED) is 0.789. The van der Waals surface area contributed by atoms with Crippen LogP contribution in [0.25, 0.3) is 0 Å². The average molecular weight is 336 g/mol. The van der Waals surface area contributed by atoms with E-state index in [1.165, 1.54) is 18.1 Å². The van der Waals surface area contributed by atoms with E-state index in [-0.39, 0.29) is 23.8 Å². The molecule has 2 heterocycles. The lowest BCUT2D eigenvalue weighted by Crippen LogP contribution is -2.58. The summed E-state index contributed by atoms with van der Waals surface area (Å²) in [5, 5.41) is 0. The van der Waals surface area contributed by atoms with E-state index in [0.717, 1.165) is 4.57 Å². The van der Waals surface area contributed by atoms with Crippen molar-refractivity contribution in [2.45, 2.75) is 33.2 Å². The molecular formula is C16H24N4O4. The van der Waals surface area contributed by atoms with Crippen molar-refractivity contribution in [1.29, 1.82) is 0 Å². The summed E-state index contributed by atoms with van der Waals surface area (Å²) in [5.41, 5.74) is -0.807. The van der Waals surface area contributed by atoms with Crippen LogP contribution in [0.1, 0.15) is 26.3 Å². The SMILES string of the molecule is CC(C)CN1CCN(C(=O)Cc2c[nH]c(=O)n(C)c2=O)[C@H](C)C1=O. The van der Waals surface area contributed by atoms with Gasteiger partial charge >= 0.3 is 5.69 Å². The monoisotopic (exact) mass is 336 g/mol. The lowest BCUT2D eigenvalue weighted by Gasteiger charge is -2.39. The molecule has 1 aliphatic rings. The molecule has 1 aliphatic heterocycles. The summed E-state index contributed by atoms with van der Waals surface area (Å²) in [5.74, 6) is 0.00873. The van der Waals surface area contributed by atoms with E-state index in [1.54, 1.807) is 11.8 Å². The van der Waals surface area contributed by atoms with Gasteiger partial charge in [0.1, 0.15) is 6.04 Å². The summed E-state index contributed by atoms with van der Waals surface area (Å²) in [6.07, 6.45) is 1.13. The lowest BCUT2D eigenvalue weighted by atomic mass is 10.1. The highest BCUT2D eigenvalue weighted by atomic mass is 16.2. The highest BCUT2D eigenvalue weighted by Crippen LogP contribution is 2.14. The molecule has 0 unspecified atom stereocenters. The first-order chi connectivity index (χ1) is 11.2. The Kier molecular flexibility index (Phi) is 5.26. The summed E-state index contributed by atoms with van der Waals surface area (Å²) in [6, 6.07) is -0.545. The Hall–Kier alpha value is -2.38. The van der Waals surface area contributed by atoms with Gasteiger partial charge in [0.25, 0.3) is 5.56 Å². The van der Waals surface area contributed by atoms with E-state index >= 15 is 0 Å². The zero-order chi connectivity index (χ0) is 18.0. The molecule has 8 heteroatoms. The van der Waals surface area contributed by atoms with Gasteiger partial charge in [-0.05, 0) is 12.8 Å². The summed E-state index contributed by atoms with van der Waals surface area (Å²) in [4.78, 5) is 54.0. The zero-order valence-corrected chi connectivity index (χ0v) is 14.5. The number of piperazine rings is 1. The molecule has 1 N–H and O–H groups in total. The molecule has 8 nitrogen and oxygen atoms in total. The first-order valence-corrected chi connectivity index (χ1v) is 8.08. The van der Waals surface area contributed by atoms with Gasteiger partial charge in [-0.2, -0.15) is 0 Å². The second kappa shape index (κ2) is 7.02. The van der Waals surface area contributed by atoms with Gasteiger partial charge in [0.05, 0.1) is 6.42 Å². The number of hydrogen-bond donors (Lipinski definition) is 1. The van der Waals surface area contributed by atoms with Crippen LogP contribution in [0.4, 0.5) is 0 Å². The fourth-order valence-electron chi connectivity index (χ4n) is 2.90. The molecule has 1 atom stereocenters. The molecule has 0 bridgehead atoms. The van der Waals surface area contributed by atoms with Gasteiger partial charge in [0, 0.05) is 38.4 Å². The first kappa shape index (κ1) is 18.0. The van der Waals surface area contributed by atoms with Gasteiger partial charge in [0.15, 0.2) is 0 Å². The first-order valence-electron chi connectivity index (χ1n) is 8.08. The van der Waals surface area contributed by atoms with Gasteiger partial charge in [0.2, 0.25) is 11.8 Å².